The molecule has 0 aliphatic carbocycles. The fraction of sp³-hybridized carbons (Fsp3) is 0.346. The van der Waals surface area contributed by atoms with E-state index in [2.05, 4.69) is 53.6 Å². The largest absolute Gasteiger partial charge is 0.454 e. The summed E-state index contributed by atoms with van der Waals surface area (Å²) < 4.78 is 12.7. The van der Waals surface area contributed by atoms with Crippen LogP contribution in [-0.2, 0) is 13.1 Å². The third kappa shape index (κ3) is 5.57. The molecule has 8 heteroatoms. The van der Waals surface area contributed by atoms with Crippen LogP contribution in [0.5, 0.6) is 11.5 Å². The predicted octanol–water partition coefficient (Wildman–Crippen LogP) is 4.85. The fourth-order valence-electron chi connectivity index (χ4n) is 3.64. The normalized spacial score (nSPS) is 12.8. The first-order chi connectivity index (χ1) is 16.4. The van der Waals surface area contributed by atoms with Crippen molar-refractivity contribution in [1.29, 1.82) is 0 Å². The minimum atomic E-state index is -0.290. The van der Waals surface area contributed by atoms with Gasteiger partial charge in [-0.15, -0.1) is 0 Å². The van der Waals surface area contributed by atoms with Crippen LogP contribution in [0.4, 0.5) is 5.69 Å². The van der Waals surface area contributed by atoms with E-state index in [9.17, 15) is 4.79 Å². The highest BCUT2D eigenvalue weighted by Crippen LogP contribution is 2.32. The van der Waals surface area contributed by atoms with Crippen LogP contribution < -0.4 is 20.1 Å². The van der Waals surface area contributed by atoms with Crippen molar-refractivity contribution < 1.29 is 14.3 Å². The number of fused-ring (bicyclic) bond motifs is 1. The maximum atomic E-state index is 13.0. The van der Waals surface area contributed by atoms with Gasteiger partial charge < -0.3 is 14.8 Å². The molecule has 0 bridgehead atoms. The van der Waals surface area contributed by atoms with Crippen molar-refractivity contribution in [2.24, 2.45) is 4.99 Å². The number of nitrogens with zero attached hydrogens (tertiary/aromatic N) is 3. The Hall–Kier alpha value is -3.81. The summed E-state index contributed by atoms with van der Waals surface area (Å²) in [6.07, 6.45) is 3.02. The Labute approximate surface area is 200 Å². The van der Waals surface area contributed by atoms with E-state index in [-0.39, 0.29) is 12.7 Å². The zero-order chi connectivity index (χ0) is 24.1. The van der Waals surface area contributed by atoms with Crippen molar-refractivity contribution in [3.05, 3.63) is 71.0 Å². The SMILES string of the molecule is CCCn1cc(CN=C(NC(=O)c2ccc3c(c2)OCO3)Nc2ccc(C(C)C)cc2)c(C)n1. The summed E-state index contributed by atoms with van der Waals surface area (Å²) in [5, 5.41) is 10.7. The molecule has 3 aromatic rings. The number of amides is 1. The van der Waals surface area contributed by atoms with Crippen molar-refractivity contribution in [2.75, 3.05) is 12.1 Å². The number of nitrogens with one attached hydrogen (secondary N) is 2. The van der Waals surface area contributed by atoms with Crippen LogP contribution in [-0.4, -0.2) is 28.4 Å². The molecule has 0 atom stereocenters. The summed E-state index contributed by atoms with van der Waals surface area (Å²) >= 11 is 0. The molecule has 1 amide bonds. The number of carbonyl (C=O) groups is 1. The molecular formula is C26H31N5O3. The van der Waals surface area contributed by atoms with E-state index in [4.69, 9.17) is 9.47 Å². The number of aromatic nitrogens is 2. The van der Waals surface area contributed by atoms with Crippen molar-refractivity contribution >= 4 is 17.6 Å². The van der Waals surface area contributed by atoms with Crippen LogP contribution in [0.25, 0.3) is 0 Å². The molecule has 0 spiro atoms. The first-order valence-corrected chi connectivity index (χ1v) is 11.6. The van der Waals surface area contributed by atoms with Crippen LogP contribution >= 0.6 is 0 Å². The minimum Gasteiger partial charge on any atom is -0.454 e. The van der Waals surface area contributed by atoms with E-state index in [1.54, 1.807) is 18.2 Å². The molecule has 4 rings (SSSR count). The zero-order valence-electron chi connectivity index (χ0n) is 20.1. The van der Waals surface area contributed by atoms with Gasteiger partial charge in [-0.05, 0) is 55.2 Å². The molecule has 34 heavy (non-hydrogen) atoms. The quantitative estimate of drug-likeness (QED) is 0.388. The first-order valence-electron chi connectivity index (χ1n) is 11.6. The van der Waals surface area contributed by atoms with Crippen molar-refractivity contribution in [2.45, 2.75) is 53.1 Å². The van der Waals surface area contributed by atoms with Gasteiger partial charge in [-0.1, -0.05) is 32.9 Å². The number of hydrogen-bond acceptors (Lipinski definition) is 5. The zero-order valence-corrected chi connectivity index (χ0v) is 20.1. The second kappa shape index (κ2) is 10.4. The first kappa shape index (κ1) is 23.4. The second-order valence-corrected chi connectivity index (χ2v) is 8.59. The Morgan fingerprint density at radius 2 is 1.91 bits per heavy atom. The summed E-state index contributed by atoms with van der Waals surface area (Å²) in [5.74, 6) is 1.70. The lowest BCUT2D eigenvalue weighted by molar-refractivity contribution is 0.0976. The molecular weight excluding hydrogens is 430 g/mol. The maximum absolute atomic E-state index is 13.0. The van der Waals surface area contributed by atoms with E-state index in [1.807, 2.05) is 29.9 Å². The monoisotopic (exact) mass is 461 g/mol. The molecule has 0 radical (unpaired) electrons. The number of aryl methyl sites for hydroxylation is 2. The summed E-state index contributed by atoms with van der Waals surface area (Å²) in [5.41, 5.74) is 4.49. The van der Waals surface area contributed by atoms with E-state index >= 15 is 0 Å². The predicted molar refractivity (Wildman–Crippen MR) is 133 cm³/mol. The van der Waals surface area contributed by atoms with Gasteiger partial charge in [-0.3, -0.25) is 14.8 Å². The van der Waals surface area contributed by atoms with Gasteiger partial charge in [0.05, 0.1) is 12.2 Å². The highest BCUT2D eigenvalue weighted by molar-refractivity contribution is 6.10. The molecule has 1 aliphatic heterocycles. The number of benzene rings is 2. The van der Waals surface area contributed by atoms with Gasteiger partial charge >= 0.3 is 0 Å². The summed E-state index contributed by atoms with van der Waals surface area (Å²) in [7, 11) is 0. The number of ether oxygens (including phenoxy) is 2. The average Bonchev–Trinajstić information content (AvgIpc) is 3.43. The lowest BCUT2D eigenvalue weighted by atomic mass is 10.0. The molecule has 8 nitrogen and oxygen atoms in total. The Kier molecular flexibility index (Phi) is 7.15. The molecule has 0 unspecified atom stereocenters. The Bertz CT molecular complexity index is 1180. The molecule has 2 aromatic carbocycles. The topological polar surface area (TPSA) is 89.8 Å². The molecule has 0 saturated heterocycles. The molecule has 1 aliphatic rings. The summed E-state index contributed by atoms with van der Waals surface area (Å²) in [4.78, 5) is 17.7. The van der Waals surface area contributed by atoms with E-state index < -0.39 is 0 Å². The van der Waals surface area contributed by atoms with Crippen molar-refractivity contribution in [3.8, 4) is 11.5 Å². The van der Waals surface area contributed by atoms with Crippen LogP contribution in [0, 0.1) is 6.92 Å². The van der Waals surface area contributed by atoms with Gasteiger partial charge in [0.25, 0.3) is 5.91 Å². The van der Waals surface area contributed by atoms with Gasteiger partial charge in [-0.25, -0.2) is 4.99 Å². The number of guanidine groups is 1. The minimum absolute atomic E-state index is 0.159. The number of rotatable bonds is 7. The third-order valence-electron chi connectivity index (χ3n) is 5.62. The fourth-order valence-corrected chi connectivity index (χ4v) is 3.64. The second-order valence-electron chi connectivity index (χ2n) is 8.59. The molecule has 1 aromatic heterocycles. The summed E-state index contributed by atoms with van der Waals surface area (Å²) in [6.45, 7) is 9.81. The van der Waals surface area contributed by atoms with Gasteiger partial charge in [0.1, 0.15) is 0 Å². The lowest BCUT2D eigenvalue weighted by Crippen LogP contribution is -2.36. The number of carbonyl (C=O) groups excluding carboxylic acids is 1. The highest BCUT2D eigenvalue weighted by atomic mass is 16.7. The standard InChI is InChI=1S/C26H31N5O3/c1-5-12-31-15-21(18(4)30-31)14-27-26(28-22-9-6-19(7-10-22)17(2)3)29-25(32)20-8-11-23-24(13-20)34-16-33-23/h6-11,13,15,17H,5,12,14,16H2,1-4H3,(H2,27,28,29,32). The average molecular weight is 462 g/mol. The Balaban J connectivity index is 1.55. The maximum Gasteiger partial charge on any atom is 0.258 e. The molecule has 178 valence electrons. The number of hydrogen-bond donors (Lipinski definition) is 2. The Morgan fingerprint density at radius 1 is 1.15 bits per heavy atom. The highest BCUT2D eigenvalue weighted by Gasteiger charge is 2.17. The number of anilines is 1. The molecule has 0 saturated carbocycles. The van der Waals surface area contributed by atoms with Gasteiger partial charge in [0, 0.05) is 29.6 Å². The molecule has 2 N–H and O–H groups in total. The third-order valence-corrected chi connectivity index (χ3v) is 5.62. The van der Waals surface area contributed by atoms with Crippen LogP contribution in [0.15, 0.2) is 53.7 Å². The van der Waals surface area contributed by atoms with Gasteiger partial charge in [0.15, 0.2) is 11.5 Å². The number of aliphatic imine (C=N–C) groups is 1. The van der Waals surface area contributed by atoms with Crippen LogP contribution in [0.1, 0.15) is 60.3 Å². The van der Waals surface area contributed by atoms with E-state index in [1.165, 1.54) is 5.56 Å². The van der Waals surface area contributed by atoms with Gasteiger partial charge in [0.2, 0.25) is 12.8 Å². The molecule has 0 fully saturated rings. The summed E-state index contributed by atoms with van der Waals surface area (Å²) in [6, 6.07) is 13.2. The van der Waals surface area contributed by atoms with Crippen LogP contribution in [0.3, 0.4) is 0 Å². The smallest absolute Gasteiger partial charge is 0.258 e. The Morgan fingerprint density at radius 3 is 2.65 bits per heavy atom. The molecule has 2 heterocycles. The van der Waals surface area contributed by atoms with Crippen LogP contribution in [0.2, 0.25) is 0 Å². The van der Waals surface area contributed by atoms with Crippen molar-refractivity contribution in [1.82, 2.24) is 15.1 Å². The lowest BCUT2D eigenvalue weighted by Gasteiger charge is -2.13. The van der Waals surface area contributed by atoms with Gasteiger partial charge in [-0.2, -0.15) is 5.10 Å². The van der Waals surface area contributed by atoms with E-state index in [0.717, 1.165) is 29.9 Å². The van der Waals surface area contributed by atoms with E-state index in [0.29, 0.717) is 35.5 Å². The van der Waals surface area contributed by atoms with Crippen molar-refractivity contribution in [3.63, 3.8) is 0 Å².